The number of nitrogens with one attached hydrogen (secondary N) is 1. The van der Waals surface area contributed by atoms with E-state index >= 15 is 0 Å². The molecule has 2 N–H and O–H groups in total. The van der Waals surface area contributed by atoms with Gasteiger partial charge in [0.1, 0.15) is 5.60 Å². The zero-order chi connectivity index (χ0) is 16.2. The third-order valence-electron chi connectivity index (χ3n) is 4.59. The van der Waals surface area contributed by atoms with Crippen molar-refractivity contribution in [1.29, 1.82) is 0 Å². The van der Waals surface area contributed by atoms with Crippen molar-refractivity contribution in [3.63, 3.8) is 0 Å². The molecule has 0 aromatic heterocycles. The third-order valence-corrected chi connectivity index (χ3v) is 4.59. The standard InChI is InChI=1S/C17H32N2O3/c1-16(2,3)22-15(20)19-11-8-14(12-19)18-13-17(21)9-6-4-5-7-10-17/h14,18,21H,4-13H2,1-3H3. The fraction of sp³-hybridized carbons (Fsp3) is 0.941. The van der Waals surface area contributed by atoms with Gasteiger partial charge in [-0.05, 0) is 40.0 Å². The maximum absolute atomic E-state index is 12.0. The van der Waals surface area contributed by atoms with Crippen molar-refractivity contribution in [2.75, 3.05) is 19.6 Å². The van der Waals surface area contributed by atoms with Crippen molar-refractivity contribution in [2.24, 2.45) is 0 Å². The minimum atomic E-state index is -0.560. The van der Waals surface area contributed by atoms with E-state index in [0.717, 1.165) is 38.6 Å². The lowest BCUT2D eigenvalue weighted by Crippen LogP contribution is -2.45. The lowest BCUT2D eigenvalue weighted by atomic mass is 9.94. The van der Waals surface area contributed by atoms with Crippen LogP contribution >= 0.6 is 0 Å². The van der Waals surface area contributed by atoms with Crippen LogP contribution in [0.5, 0.6) is 0 Å². The van der Waals surface area contributed by atoms with Crippen LogP contribution in [0.2, 0.25) is 0 Å². The molecular formula is C17H32N2O3. The average Bonchev–Trinajstić information content (AvgIpc) is 2.78. The highest BCUT2D eigenvalue weighted by Gasteiger charge is 2.32. The molecule has 0 aromatic rings. The molecule has 1 unspecified atom stereocenters. The number of hydrogen-bond donors (Lipinski definition) is 2. The van der Waals surface area contributed by atoms with Crippen LogP contribution in [0.4, 0.5) is 4.79 Å². The van der Waals surface area contributed by atoms with Gasteiger partial charge in [0.05, 0.1) is 5.60 Å². The first-order chi connectivity index (χ1) is 10.3. The first-order valence-electron chi connectivity index (χ1n) is 8.71. The molecule has 5 heteroatoms. The number of carbonyl (C=O) groups is 1. The molecule has 0 bridgehead atoms. The van der Waals surface area contributed by atoms with Gasteiger partial charge in [0.2, 0.25) is 0 Å². The second kappa shape index (κ2) is 7.18. The fourth-order valence-electron chi connectivity index (χ4n) is 3.32. The summed E-state index contributed by atoms with van der Waals surface area (Å²) in [7, 11) is 0. The van der Waals surface area contributed by atoms with Gasteiger partial charge in [0.25, 0.3) is 0 Å². The van der Waals surface area contributed by atoms with Crippen molar-refractivity contribution in [3.05, 3.63) is 0 Å². The zero-order valence-electron chi connectivity index (χ0n) is 14.4. The molecule has 1 saturated heterocycles. The van der Waals surface area contributed by atoms with Crippen LogP contribution < -0.4 is 5.32 Å². The molecule has 1 aliphatic heterocycles. The van der Waals surface area contributed by atoms with Crippen molar-refractivity contribution < 1.29 is 14.6 Å². The van der Waals surface area contributed by atoms with Gasteiger partial charge >= 0.3 is 6.09 Å². The van der Waals surface area contributed by atoms with Crippen molar-refractivity contribution >= 4 is 6.09 Å². The number of ether oxygens (including phenoxy) is 1. The molecule has 1 aliphatic carbocycles. The summed E-state index contributed by atoms with van der Waals surface area (Å²) in [4.78, 5) is 13.8. The van der Waals surface area contributed by atoms with Crippen molar-refractivity contribution in [1.82, 2.24) is 10.2 Å². The molecule has 0 radical (unpaired) electrons. The highest BCUT2D eigenvalue weighted by Crippen LogP contribution is 2.26. The topological polar surface area (TPSA) is 61.8 Å². The van der Waals surface area contributed by atoms with Gasteiger partial charge in [-0.3, -0.25) is 0 Å². The number of amides is 1. The second-order valence-electron chi connectivity index (χ2n) is 7.93. The number of aliphatic hydroxyl groups is 1. The van der Waals surface area contributed by atoms with E-state index < -0.39 is 11.2 Å². The summed E-state index contributed by atoms with van der Waals surface area (Å²) in [6.45, 7) is 7.70. The monoisotopic (exact) mass is 312 g/mol. The van der Waals surface area contributed by atoms with E-state index in [0.29, 0.717) is 13.1 Å². The lowest BCUT2D eigenvalue weighted by molar-refractivity contribution is 0.0217. The SMILES string of the molecule is CC(C)(C)OC(=O)N1CCC(NCC2(O)CCCCCC2)C1. The summed E-state index contributed by atoms with van der Waals surface area (Å²) in [5.74, 6) is 0. The molecule has 2 fully saturated rings. The second-order valence-corrected chi connectivity index (χ2v) is 7.93. The smallest absolute Gasteiger partial charge is 0.410 e. The van der Waals surface area contributed by atoms with Gasteiger partial charge in [0.15, 0.2) is 0 Å². The van der Waals surface area contributed by atoms with E-state index in [2.05, 4.69) is 5.32 Å². The minimum absolute atomic E-state index is 0.232. The number of likely N-dealkylation sites (tertiary alicyclic amines) is 1. The maximum Gasteiger partial charge on any atom is 0.410 e. The Balaban J connectivity index is 1.75. The summed E-state index contributed by atoms with van der Waals surface area (Å²) in [5, 5.41) is 14.1. The Morgan fingerprint density at radius 3 is 2.50 bits per heavy atom. The largest absolute Gasteiger partial charge is 0.444 e. The van der Waals surface area contributed by atoms with Gasteiger partial charge in [0, 0.05) is 25.7 Å². The molecule has 0 aromatic carbocycles. The molecule has 1 saturated carbocycles. The van der Waals surface area contributed by atoms with E-state index in [1.54, 1.807) is 4.90 Å². The maximum atomic E-state index is 12.0. The summed E-state index contributed by atoms with van der Waals surface area (Å²) in [5.41, 5.74) is -1.01. The van der Waals surface area contributed by atoms with Crippen molar-refractivity contribution in [2.45, 2.75) is 83.0 Å². The highest BCUT2D eigenvalue weighted by molar-refractivity contribution is 5.68. The van der Waals surface area contributed by atoms with Crippen LogP contribution in [-0.4, -0.2) is 53.0 Å². The summed E-state index contributed by atoms with van der Waals surface area (Å²) >= 11 is 0. The summed E-state index contributed by atoms with van der Waals surface area (Å²) < 4.78 is 5.41. The molecule has 5 nitrogen and oxygen atoms in total. The van der Waals surface area contributed by atoms with Crippen LogP contribution in [0.1, 0.15) is 65.7 Å². The van der Waals surface area contributed by atoms with Crippen LogP contribution in [0.15, 0.2) is 0 Å². The van der Waals surface area contributed by atoms with Gasteiger partial charge in [-0.1, -0.05) is 25.7 Å². The Hall–Kier alpha value is -0.810. The van der Waals surface area contributed by atoms with E-state index in [1.807, 2.05) is 20.8 Å². The van der Waals surface area contributed by atoms with Gasteiger partial charge < -0.3 is 20.1 Å². The molecule has 1 amide bonds. The molecule has 1 heterocycles. The predicted octanol–water partition coefficient (Wildman–Crippen LogP) is 2.67. The van der Waals surface area contributed by atoms with Crippen molar-refractivity contribution in [3.8, 4) is 0 Å². The van der Waals surface area contributed by atoms with Gasteiger partial charge in [-0.25, -0.2) is 4.79 Å². The first kappa shape index (κ1) is 17.5. The van der Waals surface area contributed by atoms with E-state index in [9.17, 15) is 9.90 Å². The lowest BCUT2D eigenvalue weighted by Gasteiger charge is -2.29. The van der Waals surface area contributed by atoms with Gasteiger partial charge in [-0.2, -0.15) is 0 Å². The molecular weight excluding hydrogens is 280 g/mol. The summed E-state index contributed by atoms with van der Waals surface area (Å²) in [6.07, 6.45) is 7.18. The quantitative estimate of drug-likeness (QED) is 0.787. The van der Waals surface area contributed by atoms with E-state index in [-0.39, 0.29) is 12.1 Å². The van der Waals surface area contributed by atoms with Crippen LogP contribution in [0.25, 0.3) is 0 Å². The zero-order valence-corrected chi connectivity index (χ0v) is 14.4. The molecule has 2 aliphatic rings. The number of rotatable bonds is 3. The Labute approximate surface area is 134 Å². The van der Waals surface area contributed by atoms with Crippen LogP contribution in [-0.2, 0) is 4.74 Å². The molecule has 2 rings (SSSR count). The van der Waals surface area contributed by atoms with Gasteiger partial charge in [-0.15, -0.1) is 0 Å². The Morgan fingerprint density at radius 1 is 1.27 bits per heavy atom. The van der Waals surface area contributed by atoms with Crippen LogP contribution in [0.3, 0.4) is 0 Å². The Morgan fingerprint density at radius 2 is 1.91 bits per heavy atom. The Bertz CT molecular complexity index is 371. The number of carbonyl (C=O) groups excluding carboxylic acids is 1. The molecule has 1 atom stereocenters. The number of hydrogen-bond acceptors (Lipinski definition) is 4. The molecule has 22 heavy (non-hydrogen) atoms. The summed E-state index contributed by atoms with van der Waals surface area (Å²) in [6, 6.07) is 0.264. The fourth-order valence-corrected chi connectivity index (χ4v) is 3.32. The average molecular weight is 312 g/mol. The normalized spacial score (nSPS) is 25.8. The molecule has 0 spiro atoms. The predicted molar refractivity (Wildman–Crippen MR) is 86.9 cm³/mol. The van der Waals surface area contributed by atoms with Crippen LogP contribution in [0, 0.1) is 0 Å². The van der Waals surface area contributed by atoms with E-state index in [4.69, 9.17) is 4.74 Å². The minimum Gasteiger partial charge on any atom is -0.444 e. The molecule has 128 valence electrons. The Kier molecular flexibility index (Phi) is 5.72. The third kappa shape index (κ3) is 5.43. The number of nitrogens with zero attached hydrogens (tertiary/aromatic N) is 1. The van der Waals surface area contributed by atoms with E-state index in [1.165, 1.54) is 12.8 Å². The first-order valence-corrected chi connectivity index (χ1v) is 8.71. The highest BCUT2D eigenvalue weighted by atomic mass is 16.6.